The van der Waals surface area contributed by atoms with Gasteiger partial charge in [-0.2, -0.15) is 0 Å². The molecule has 0 spiro atoms. The van der Waals surface area contributed by atoms with Gasteiger partial charge in [0.15, 0.2) is 0 Å². The molecule has 0 saturated heterocycles. The van der Waals surface area contributed by atoms with Crippen LogP contribution in [0, 0.1) is 10.8 Å². The Balaban J connectivity index is 4.20. The third-order valence-electron chi connectivity index (χ3n) is 2.57. The zero-order chi connectivity index (χ0) is 9.83. The van der Waals surface area contributed by atoms with E-state index in [1.807, 2.05) is 13.8 Å². The molecule has 0 aromatic rings. The first-order valence-electron chi connectivity index (χ1n) is 4.61. The average molecular weight is 174 g/mol. The highest BCUT2D eigenvalue weighted by Crippen LogP contribution is 2.35. The summed E-state index contributed by atoms with van der Waals surface area (Å²) < 4.78 is 0. The van der Waals surface area contributed by atoms with Crippen LogP contribution in [0.25, 0.3) is 0 Å². The van der Waals surface area contributed by atoms with Crippen molar-refractivity contribution in [3.05, 3.63) is 0 Å². The van der Waals surface area contributed by atoms with Gasteiger partial charge in [0.2, 0.25) is 0 Å². The smallest absolute Gasteiger partial charge is 0.0484 e. The number of hydrogen-bond acceptors (Lipinski definition) is 2. The molecule has 0 aliphatic rings. The lowest BCUT2D eigenvalue weighted by atomic mass is 9.73. The third-order valence-corrected chi connectivity index (χ3v) is 2.57. The molecule has 1 atom stereocenters. The molecule has 74 valence electrons. The minimum atomic E-state index is -0.0759. The third kappa shape index (κ3) is 3.55. The molecule has 0 aliphatic carbocycles. The largest absolute Gasteiger partial charge is 0.396 e. The van der Waals surface area contributed by atoms with Crippen LogP contribution in [0.15, 0.2) is 0 Å². The van der Waals surface area contributed by atoms with E-state index in [4.69, 9.17) is 10.2 Å². The van der Waals surface area contributed by atoms with Crippen LogP contribution in [-0.2, 0) is 0 Å². The molecular formula is C10H22O2. The van der Waals surface area contributed by atoms with Crippen LogP contribution in [-0.4, -0.2) is 23.4 Å². The maximum atomic E-state index is 9.16. The van der Waals surface area contributed by atoms with E-state index in [9.17, 15) is 0 Å². The van der Waals surface area contributed by atoms with Crippen molar-refractivity contribution in [2.45, 2.75) is 40.5 Å². The zero-order valence-electron chi connectivity index (χ0n) is 8.72. The van der Waals surface area contributed by atoms with E-state index in [-0.39, 0.29) is 24.0 Å². The quantitative estimate of drug-likeness (QED) is 0.667. The van der Waals surface area contributed by atoms with E-state index < -0.39 is 0 Å². The fourth-order valence-electron chi connectivity index (χ4n) is 1.50. The summed E-state index contributed by atoms with van der Waals surface area (Å²) in [6.07, 6.45) is 1.82. The van der Waals surface area contributed by atoms with E-state index in [2.05, 4.69) is 13.8 Å². The van der Waals surface area contributed by atoms with Gasteiger partial charge in [-0.25, -0.2) is 0 Å². The van der Waals surface area contributed by atoms with Gasteiger partial charge in [-0.05, 0) is 23.7 Å². The molecule has 12 heavy (non-hydrogen) atoms. The molecule has 0 rings (SSSR count). The minimum Gasteiger partial charge on any atom is -0.396 e. The highest BCUT2D eigenvalue weighted by molar-refractivity contribution is 4.80. The van der Waals surface area contributed by atoms with E-state index in [0.29, 0.717) is 0 Å². The standard InChI is InChI=1S/C10H22O2/c1-5-10(4,8-12)6-9(2,3)7-11/h11-12H,5-8H2,1-4H3. The van der Waals surface area contributed by atoms with Crippen LogP contribution >= 0.6 is 0 Å². The highest BCUT2D eigenvalue weighted by Gasteiger charge is 2.29. The van der Waals surface area contributed by atoms with Crippen molar-refractivity contribution in [3.8, 4) is 0 Å². The number of rotatable bonds is 5. The van der Waals surface area contributed by atoms with Crippen LogP contribution in [0.5, 0.6) is 0 Å². The first-order valence-corrected chi connectivity index (χ1v) is 4.61. The Morgan fingerprint density at radius 2 is 1.50 bits per heavy atom. The molecule has 1 unspecified atom stereocenters. The molecule has 0 amide bonds. The molecule has 0 aromatic heterocycles. The van der Waals surface area contributed by atoms with Crippen molar-refractivity contribution in [3.63, 3.8) is 0 Å². The van der Waals surface area contributed by atoms with Gasteiger partial charge in [0.05, 0.1) is 0 Å². The van der Waals surface area contributed by atoms with Crippen LogP contribution in [0.3, 0.4) is 0 Å². The topological polar surface area (TPSA) is 40.5 Å². The van der Waals surface area contributed by atoms with Gasteiger partial charge in [0, 0.05) is 13.2 Å². The summed E-state index contributed by atoms with van der Waals surface area (Å²) in [6.45, 7) is 8.57. The van der Waals surface area contributed by atoms with Crippen molar-refractivity contribution in [1.82, 2.24) is 0 Å². The van der Waals surface area contributed by atoms with Crippen LogP contribution in [0.2, 0.25) is 0 Å². The fourth-order valence-corrected chi connectivity index (χ4v) is 1.50. The summed E-state index contributed by atoms with van der Waals surface area (Å²) in [5.41, 5.74) is -0.111. The van der Waals surface area contributed by atoms with Gasteiger partial charge in [-0.1, -0.05) is 27.7 Å². The monoisotopic (exact) mass is 174 g/mol. The number of aliphatic hydroxyl groups excluding tert-OH is 2. The Labute approximate surface area is 75.6 Å². The number of aliphatic hydroxyl groups is 2. The van der Waals surface area contributed by atoms with E-state index in [1.165, 1.54) is 0 Å². The summed E-state index contributed by atoms with van der Waals surface area (Å²) in [7, 11) is 0. The first-order chi connectivity index (χ1) is 5.39. The summed E-state index contributed by atoms with van der Waals surface area (Å²) in [6, 6.07) is 0. The van der Waals surface area contributed by atoms with Crippen molar-refractivity contribution < 1.29 is 10.2 Å². The van der Waals surface area contributed by atoms with Gasteiger partial charge in [0.1, 0.15) is 0 Å². The second-order valence-electron chi connectivity index (χ2n) is 4.82. The lowest BCUT2D eigenvalue weighted by Crippen LogP contribution is -2.30. The molecule has 2 nitrogen and oxygen atoms in total. The van der Waals surface area contributed by atoms with Crippen molar-refractivity contribution in [2.75, 3.05) is 13.2 Å². The lowest BCUT2D eigenvalue weighted by molar-refractivity contribution is 0.0513. The lowest BCUT2D eigenvalue weighted by Gasteiger charge is -2.34. The SMILES string of the molecule is CCC(C)(CO)CC(C)(C)CO. The Bertz CT molecular complexity index is 126. The molecule has 2 heteroatoms. The zero-order valence-corrected chi connectivity index (χ0v) is 8.72. The predicted molar refractivity (Wildman–Crippen MR) is 51.0 cm³/mol. The van der Waals surface area contributed by atoms with Gasteiger partial charge < -0.3 is 10.2 Å². The van der Waals surface area contributed by atoms with Crippen molar-refractivity contribution in [2.24, 2.45) is 10.8 Å². The second kappa shape index (κ2) is 4.24. The van der Waals surface area contributed by atoms with E-state index >= 15 is 0 Å². The van der Waals surface area contributed by atoms with Gasteiger partial charge >= 0.3 is 0 Å². The Morgan fingerprint density at radius 1 is 1.00 bits per heavy atom. The van der Waals surface area contributed by atoms with E-state index in [0.717, 1.165) is 12.8 Å². The van der Waals surface area contributed by atoms with Crippen LogP contribution < -0.4 is 0 Å². The summed E-state index contributed by atoms with van der Waals surface area (Å²) in [4.78, 5) is 0. The maximum Gasteiger partial charge on any atom is 0.0484 e. The summed E-state index contributed by atoms with van der Waals surface area (Å²) >= 11 is 0. The Kier molecular flexibility index (Phi) is 4.21. The van der Waals surface area contributed by atoms with Crippen LogP contribution in [0.4, 0.5) is 0 Å². The molecule has 0 heterocycles. The molecule has 0 fully saturated rings. The Hall–Kier alpha value is -0.0800. The van der Waals surface area contributed by atoms with Gasteiger partial charge in [-0.15, -0.1) is 0 Å². The normalized spacial score (nSPS) is 17.5. The maximum absolute atomic E-state index is 9.16. The minimum absolute atomic E-state index is 0.0355. The Morgan fingerprint density at radius 3 is 1.75 bits per heavy atom. The molecule has 0 aromatic carbocycles. The molecule has 0 saturated carbocycles. The first kappa shape index (κ1) is 11.9. The molecule has 0 bridgehead atoms. The average Bonchev–Trinajstić information content (AvgIpc) is 2.04. The number of hydrogen-bond donors (Lipinski definition) is 2. The highest BCUT2D eigenvalue weighted by atomic mass is 16.3. The van der Waals surface area contributed by atoms with Crippen LogP contribution in [0.1, 0.15) is 40.5 Å². The predicted octanol–water partition coefficient (Wildman–Crippen LogP) is 1.80. The summed E-state index contributed by atoms with van der Waals surface area (Å²) in [5, 5.41) is 18.2. The molecule has 2 N–H and O–H groups in total. The van der Waals surface area contributed by atoms with E-state index in [1.54, 1.807) is 0 Å². The van der Waals surface area contributed by atoms with Gasteiger partial charge in [-0.3, -0.25) is 0 Å². The molecular weight excluding hydrogens is 152 g/mol. The van der Waals surface area contributed by atoms with Crippen molar-refractivity contribution >= 4 is 0 Å². The summed E-state index contributed by atoms with van der Waals surface area (Å²) in [5.74, 6) is 0. The second-order valence-corrected chi connectivity index (χ2v) is 4.82. The van der Waals surface area contributed by atoms with Gasteiger partial charge in [0.25, 0.3) is 0 Å². The fraction of sp³-hybridized carbons (Fsp3) is 1.00. The van der Waals surface area contributed by atoms with Crippen molar-refractivity contribution in [1.29, 1.82) is 0 Å². The molecule has 0 aliphatic heterocycles. The molecule has 0 radical (unpaired) electrons.